The molecule has 1 aliphatic rings. The van der Waals surface area contributed by atoms with Crippen LogP contribution in [0.5, 0.6) is 0 Å². The number of hydrogen-bond acceptors (Lipinski definition) is 2. The van der Waals surface area contributed by atoms with Crippen molar-refractivity contribution < 1.29 is 0 Å². The predicted molar refractivity (Wildman–Crippen MR) is 69.7 cm³/mol. The Kier molecular flexibility index (Phi) is 3.83. The summed E-state index contributed by atoms with van der Waals surface area (Å²) < 4.78 is 0. The van der Waals surface area contributed by atoms with Crippen LogP contribution in [0.25, 0.3) is 0 Å². The summed E-state index contributed by atoms with van der Waals surface area (Å²) in [6, 6.07) is 9.02. The lowest BCUT2D eigenvalue weighted by Crippen LogP contribution is -2.17. The molecule has 0 aromatic heterocycles. The maximum Gasteiger partial charge on any atom is 0.0366 e. The van der Waals surface area contributed by atoms with Crippen LogP contribution in [0.1, 0.15) is 44.2 Å². The first-order valence-corrected chi connectivity index (χ1v) is 6.41. The molecule has 1 heterocycles. The minimum atomic E-state index is 0.206. The fourth-order valence-corrected chi connectivity index (χ4v) is 2.39. The highest BCUT2D eigenvalue weighted by molar-refractivity contribution is 5.48. The third-order valence-electron chi connectivity index (χ3n) is 3.39. The number of rotatable bonds is 4. The normalized spacial score (nSPS) is 17.8. The van der Waals surface area contributed by atoms with Gasteiger partial charge in [-0.25, -0.2) is 0 Å². The van der Waals surface area contributed by atoms with E-state index < -0.39 is 0 Å². The number of anilines is 1. The monoisotopic (exact) mass is 218 g/mol. The maximum atomic E-state index is 6.10. The largest absolute Gasteiger partial charge is 0.372 e. The lowest BCUT2D eigenvalue weighted by Gasteiger charge is -2.18. The van der Waals surface area contributed by atoms with E-state index in [4.69, 9.17) is 5.73 Å². The fourth-order valence-electron chi connectivity index (χ4n) is 2.39. The Bertz CT molecular complexity index is 312. The van der Waals surface area contributed by atoms with E-state index >= 15 is 0 Å². The van der Waals surface area contributed by atoms with E-state index in [1.165, 1.54) is 37.2 Å². The lowest BCUT2D eigenvalue weighted by molar-refractivity contribution is 0.638. The summed E-state index contributed by atoms with van der Waals surface area (Å²) in [5.74, 6) is 0. The Balaban J connectivity index is 2.03. The van der Waals surface area contributed by atoms with Crippen LogP contribution in [0.3, 0.4) is 0 Å². The van der Waals surface area contributed by atoms with Crippen LogP contribution in [0.4, 0.5) is 5.69 Å². The van der Waals surface area contributed by atoms with Gasteiger partial charge in [0, 0.05) is 24.8 Å². The topological polar surface area (TPSA) is 29.3 Å². The Morgan fingerprint density at radius 3 is 2.38 bits per heavy atom. The molecule has 2 heteroatoms. The second-order valence-corrected chi connectivity index (χ2v) is 4.68. The molecule has 1 aliphatic heterocycles. The number of hydrogen-bond donors (Lipinski definition) is 1. The van der Waals surface area contributed by atoms with Gasteiger partial charge in [-0.3, -0.25) is 0 Å². The number of nitrogens with two attached hydrogens (primary N) is 1. The van der Waals surface area contributed by atoms with Crippen LogP contribution < -0.4 is 10.6 Å². The lowest BCUT2D eigenvalue weighted by atomic mass is 10.0. The van der Waals surface area contributed by atoms with Crippen molar-refractivity contribution in [1.29, 1.82) is 0 Å². The summed E-state index contributed by atoms with van der Waals surface area (Å²) in [6.07, 6.45) is 4.88. The second kappa shape index (κ2) is 5.35. The third kappa shape index (κ3) is 2.56. The summed E-state index contributed by atoms with van der Waals surface area (Å²) >= 11 is 0. The smallest absolute Gasteiger partial charge is 0.0366 e. The summed E-state index contributed by atoms with van der Waals surface area (Å²) in [7, 11) is 0. The van der Waals surface area contributed by atoms with Crippen LogP contribution in [0, 0.1) is 0 Å². The first kappa shape index (κ1) is 11.5. The van der Waals surface area contributed by atoms with E-state index in [0.717, 1.165) is 12.8 Å². The molecule has 0 spiro atoms. The summed E-state index contributed by atoms with van der Waals surface area (Å²) in [5.41, 5.74) is 8.72. The molecule has 2 nitrogen and oxygen atoms in total. The standard InChI is InChI=1S/C14H22N2/c1-2-5-14(15)12-6-8-13(9-7-12)16-10-3-4-11-16/h6-9,14H,2-5,10-11,15H2,1H3/t14-/m1/s1. The van der Waals surface area contributed by atoms with Crippen molar-refractivity contribution in [2.24, 2.45) is 5.73 Å². The highest BCUT2D eigenvalue weighted by Gasteiger charge is 2.12. The molecule has 1 aromatic carbocycles. The van der Waals surface area contributed by atoms with Gasteiger partial charge in [-0.05, 0) is 37.0 Å². The molecule has 0 amide bonds. The Morgan fingerprint density at radius 2 is 1.81 bits per heavy atom. The molecule has 16 heavy (non-hydrogen) atoms. The minimum Gasteiger partial charge on any atom is -0.372 e. The van der Waals surface area contributed by atoms with Gasteiger partial charge in [-0.2, -0.15) is 0 Å². The van der Waals surface area contributed by atoms with E-state index in [0.29, 0.717) is 0 Å². The molecule has 0 radical (unpaired) electrons. The van der Waals surface area contributed by atoms with Crippen molar-refractivity contribution in [3.05, 3.63) is 29.8 Å². The van der Waals surface area contributed by atoms with Crippen LogP contribution in [-0.2, 0) is 0 Å². The molecule has 88 valence electrons. The van der Waals surface area contributed by atoms with Crippen LogP contribution >= 0.6 is 0 Å². The summed E-state index contributed by atoms with van der Waals surface area (Å²) in [5, 5.41) is 0. The Labute approximate surface area is 98.4 Å². The van der Waals surface area contributed by atoms with Crippen LogP contribution in [0.2, 0.25) is 0 Å². The fraction of sp³-hybridized carbons (Fsp3) is 0.571. The van der Waals surface area contributed by atoms with Crippen molar-refractivity contribution in [2.75, 3.05) is 18.0 Å². The first-order valence-electron chi connectivity index (χ1n) is 6.41. The first-order chi connectivity index (χ1) is 7.81. The SMILES string of the molecule is CCC[C@@H](N)c1ccc(N2CCCC2)cc1. The average Bonchev–Trinajstić information content (AvgIpc) is 2.83. The number of nitrogens with zero attached hydrogens (tertiary/aromatic N) is 1. The van der Waals surface area contributed by atoms with Gasteiger partial charge in [-0.15, -0.1) is 0 Å². The van der Waals surface area contributed by atoms with Crippen molar-refractivity contribution in [3.63, 3.8) is 0 Å². The molecular formula is C14H22N2. The zero-order valence-corrected chi connectivity index (χ0v) is 10.2. The van der Waals surface area contributed by atoms with Gasteiger partial charge in [-0.1, -0.05) is 25.5 Å². The Hall–Kier alpha value is -1.02. The summed E-state index contributed by atoms with van der Waals surface area (Å²) in [4.78, 5) is 2.45. The molecule has 2 N–H and O–H groups in total. The second-order valence-electron chi connectivity index (χ2n) is 4.68. The highest BCUT2D eigenvalue weighted by Crippen LogP contribution is 2.23. The zero-order valence-electron chi connectivity index (χ0n) is 10.2. The van der Waals surface area contributed by atoms with E-state index in [1.54, 1.807) is 0 Å². The highest BCUT2D eigenvalue weighted by atomic mass is 15.1. The van der Waals surface area contributed by atoms with Gasteiger partial charge in [0.15, 0.2) is 0 Å². The van der Waals surface area contributed by atoms with Crippen molar-refractivity contribution >= 4 is 5.69 Å². The molecule has 2 rings (SSSR count). The Morgan fingerprint density at radius 1 is 1.19 bits per heavy atom. The van der Waals surface area contributed by atoms with Crippen molar-refractivity contribution in [3.8, 4) is 0 Å². The minimum absolute atomic E-state index is 0.206. The molecule has 1 saturated heterocycles. The molecule has 0 aliphatic carbocycles. The van der Waals surface area contributed by atoms with Gasteiger partial charge in [0.2, 0.25) is 0 Å². The van der Waals surface area contributed by atoms with Gasteiger partial charge in [0.25, 0.3) is 0 Å². The molecular weight excluding hydrogens is 196 g/mol. The molecule has 0 unspecified atom stereocenters. The molecule has 0 bridgehead atoms. The van der Waals surface area contributed by atoms with E-state index in [2.05, 4.69) is 36.1 Å². The van der Waals surface area contributed by atoms with Crippen LogP contribution in [0.15, 0.2) is 24.3 Å². The van der Waals surface area contributed by atoms with E-state index in [9.17, 15) is 0 Å². The predicted octanol–water partition coefficient (Wildman–Crippen LogP) is 3.09. The average molecular weight is 218 g/mol. The van der Waals surface area contributed by atoms with Gasteiger partial charge < -0.3 is 10.6 Å². The third-order valence-corrected chi connectivity index (χ3v) is 3.39. The molecule has 1 aromatic rings. The zero-order chi connectivity index (χ0) is 11.4. The van der Waals surface area contributed by atoms with Crippen molar-refractivity contribution in [1.82, 2.24) is 0 Å². The summed E-state index contributed by atoms with van der Waals surface area (Å²) in [6.45, 7) is 4.60. The molecule has 1 atom stereocenters. The molecule has 1 fully saturated rings. The quantitative estimate of drug-likeness (QED) is 0.841. The van der Waals surface area contributed by atoms with E-state index in [-0.39, 0.29) is 6.04 Å². The number of benzene rings is 1. The van der Waals surface area contributed by atoms with Crippen LogP contribution in [-0.4, -0.2) is 13.1 Å². The van der Waals surface area contributed by atoms with Gasteiger partial charge in [0.1, 0.15) is 0 Å². The van der Waals surface area contributed by atoms with Gasteiger partial charge >= 0.3 is 0 Å². The van der Waals surface area contributed by atoms with E-state index in [1.807, 2.05) is 0 Å². The van der Waals surface area contributed by atoms with Gasteiger partial charge in [0.05, 0.1) is 0 Å². The maximum absolute atomic E-state index is 6.10. The molecule has 0 saturated carbocycles. The van der Waals surface area contributed by atoms with Crippen molar-refractivity contribution in [2.45, 2.75) is 38.6 Å².